The molecule has 0 saturated heterocycles. The highest BCUT2D eigenvalue weighted by Gasteiger charge is 2.51. The largest absolute Gasteiger partial charge is 0.325 e. The lowest BCUT2D eigenvalue weighted by atomic mass is 9.95. The van der Waals surface area contributed by atoms with Crippen molar-refractivity contribution < 1.29 is 9.59 Å². The molecule has 0 radical (unpaired) electrons. The zero-order chi connectivity index (χ0) is 23.0. The summed E-state index contributed by atoms with van der Waals surface area (Å²) >= 11 is 12.4. The third kappa shape index (κ3) is 4.38. The van der Waals surface area contributed by atoms with Gasteiger partial charge in [0.05, 0.1) is 21.8 Å². The van der Waals surface area contributed by atoms with Crippen LogP contribution >= 0.6 is 23.2 Å². The minimum absolute atomic E-state index is 0.0779. The minimum atomic E-state index is -0.529. The Hall–Kier alpha value is -2.83. The van der Waals surface area contributed by atoms with Gasteiger partial charge in [-0.25, -0.2) is 0 Å². The zero-order valence-electron chi connectivity index (χ0n) is 18.1. The summed E-state index contributed by atoms with van der Waals surface area (Å²) in [5, 5.41) is 11.1. The lowest BCUT2D eigenvalue weighted by Crippen LogP contribution is -2.28. The number of amides is 2. The second kappa shape index (κ2) is 8.60. The summed E-state index contributed by atoms with van der Waals surface area (Å²) in [4.78, 5) is 25.7. The predicted octanol–water partition coefficient (Wildman–Crippen LogP) is 5.68. The summed E-state index contributed by atoms with van der Waals surface area (Å²) in [6.07, 6.45) is 1.57. The Balaban J connectivity index is 1.44. The van der Waals surface area contributed by atoms with Crippen molar-refractivity contribution >= 4 is 46.4 Å². The van der Waals surface area contributed by atoms with Crippen molar-refractivity contribution in [3.63, 3.8) is 0 Å². The molecule has 0 aliphatic heterocycles. The first-order chi connectivity index (χ1) is 15.2. The summed E-state index contributed by atoms with van der Waals surface area (Å²) < 4.78 is 1.68. The molecule has 1 unspecified atom stereocenters. The lowest BCUT2D eigenvalue weighted by molar-refractivity contribution is -0.119. The fourth-order valence-corrected chi connectivity index (χ4v) is 4.23. The van der Waals surface area contributed by atoms with Crippen molar-refractivity contribution in [3.05, 3.63) is 75.5 Å². The van der Waals surface area contributed by atoms with E-state index in [0.29, 0.717) is 21.4 Å². The highest BCUT2D eigenvalue weighted by atomic mass is 35.5. The molecule has 166 valence electrons. The molecule has 0 spiro atoms. The number of aryl methyl sites for hydroxylation is 2. The second-order valence-corrected chi connectivity index (χ2v) is 9.12. The average molecular weight is 471 g/mol. The first-order valence-electron chi connectivity index (χ1n) is 10.4. The number of nitrogens with one attached hydrogen (secondary N) is 2. The van der Waals surface area contributed by atoms with Crippen LogP contribution in [-0.2, 0) is 15.0 Å². The van der Waals surface area contributed by atoms with Crippen LogP contribution in [0.5, 0.6) is 0 Å². The number of rotatable bonds is 6. The molecule has 1 aliphatic carbocycles. The van der Waals surface area contributed by atoms with E-state index in [1.165, 1.54) is 0 Å². The summed E-state index contributed by atoms with van der Waals surface area (Å²) in [7, 11) is 0. The number of carbonyl (C=O) groups excluding carboxylic acids is 2. The molecule has 1 fully saturated rings. The molecule has 2 aromatic carbocycles. The smallest absolute Gasteiger partial charge is 0.248 e. The van der Waals surface area contributed by atoms with E-state index in [9.17, 15) is 9.59 Å². The Morgan fingerprint density at radius 2 is 1.72 bits per heavy atom. The van der Waals surface area contributed by atoms with Crippen molar-refractivity contribution in [2.45, 2.75) is 45.1 Å². The molecule has 8 heteroatoms. The van der Waals surface area contributed by atoms with Gasteiger partial charge in [0.2, 0.25) is 11.8 Å². The molecular weight excluding hydrogens is 447 g/mol. The Bertz CT molecular complexity index is 1180. The Morgan fingerprint density at radius 3 is 2.28 bits per heavy atom. The molecule has 1 atom stereocenters. The van der Waals surface area contributed by atoms with Crippen LogP contribution in [0, 0.1) is 13.8 Å². The van der Waals surface area contributed by atoms with Gasteiger partial charge in [0, 0.05) is 16.4 Å². The third-order valence-electron chi connectivity index (χ3n) is 5.86. The van der Waals surface area contributed by atoms with E-state index in [2.05, 4.69) is 15.7 Å². The molecular formula is C24H24Cl2N4O2. The van der Waals surface area contributed by atoms with Gasteiger partial charge in [-0.05, 0) is 75.6 Å². The molecule has 1 saturated carbocycles. The number of anilines is 2. The zero-order valence-corrected chi connectivity index (χ0v) is 19.6. The highest BCUT2D eigenvalue weighted by molar-refractivity contribution is 6.34. The number of carbonyl (C=O) groups is 2. The topological polar surface area (TPSA) is 76.0 Å². The van der Waals surface area contributed by atoms with Crippen LogP contribution in [0.4, 0.5) is 11.4 Å². The maximum Gasteiger partial charge on any atom is 0.248 e. The Labute approximate surface area is 196 Å². The van der Waals surface area contributed by atoms with Crippen LogP contribution in [0.1, 0.15) is 42.8 Å². The SMILES string of the molecule is Cc1cc(C)n(C(C)C(=O)Nc2ccc(NC(=O)C3(c4ccc(Cl)cc4)CC3)cc2Cl)n1. The van der Waals surface area contributed by atoms with Crippen molar-refractivity contribution in [1.29, 1.82) is 0 Å². The molecule has 2 amide bonds. The maximum absolute atomic E-state index is 13.0. The standard InChI is InChI=1S/C24H24Cl2N4O2/c1-14-12-15(2)30(29-14)16(3)22(31)28-21-9-8-19(13-20(21)26)27-23(32)24(10-11-24)17-4-6-18(25)7-5-17/h4-9,12-13,16H,10-11H2,1-3H3,(H,27,32)(H,28,31). The van der Waals surface area contributed by atoms with E-state index in [1.807, 2.05) is 32.0 Å². The number of benzene rings is 2. The number of hydrogen-bond donors (Lipinski definition) is 2. The van der Waals surface area contributed by atoms with E-state index in [-0.39, 0.29) is 11.8 Å². The monoisotopic (exact) mass is 470 g/mol. The van der Waals surface area contributed by atoms with E-state index in [4.69, 9.17) is 23.2 Å². The van der Waals surface area contributed by atoms with Crippen molar-refractivity contribution in [2.75, 3.05) is 10.6 Å². The Morgan fingerprint density at radius 1 is 1.03 bits per heavy atom. The molecule has 32 heavy (non-hydrogen) atoms. The van der Waals surface area contributed by atoms with Crippen LogP contribution in [0.2, 0.25) is 10.0 Å². The normalized spacial score (nSPS) is 15.2. The highest BCUT2D eigenvalue weighted by Crippen LogP contribution is 2.49. The van der Waals surface area contributed by atoms with Crippen molar-refractivity contribution in [1.82, 2.24) is 9.78 Å². The van der Waals surface area contributed by atoms with Gasteiger partial charge in [0.25, 0.3) is 0 Å². The molecule has 0 bridgehead atoms. The molecule has 1 heterocycles. The van der Waals surface area contributed by atoms with Crippen molar-refractivity contribution in [2.24, 2.45) is 0 Å². The second-order valence-electron chi connectivity index (χ2n) is 8.27. The first kappa shape index (κ1) is 22.4. The molecule has 2 N–H and O–H groups in total. The molecule has 1 aliphatic rings. The van der Waals surface area contributed by atoms with Crippen molar-refractivity contribution in [3.8, 4) is 0 Å². The van der Waals surface area contributed by atoms with Gasteiger partial charge >= 0.3 is 0 Å². The van der Waals surface area contributed by atoms with Crippen LogP contribution in [0.15, 0.2) is 48.5 Å². The maximum atomic E-state index is 13.0. The molecule has 6 nitrogen and oxygen atoms in total. The van der Waals surface area contributed by atoms with E-state index < -0.39 is 11.5 Å². The van der Waals surface area contributed by atoms with Crippen LogP contribution in [0.3, 0.4) is 0 Å². The van der Waals surface area contributed by atoms with Gasteiger partial charge in [-0.3, -0.25) is 14.3 Å². The number of aromatic nitrogens is 2. The van der Waals surface area contributed by atoms with Gasteiger partial charge in [0.15, 0.2) is 0 Å². The fourth-order valence-electron chi connectivity index (χ4n) is 3.87. The summed E-state index contributed by atoms with van der Waals surface area (Å²) in [6.45, 7) is 5.57. The van der Waals surface area contributed by atoms with Crippen LogP contribution < -0.4 is 10.6 Å². The van der Waals surface area contributed by atoms with E-state index in [0.717, 1.165) is 29.8 Å². The van der Waals surface area contributed by atoms with Gasteiger partial charge in [-0.15, -0.1) is 0 Å². The Kier molecular flexibility index (Phi) is 6.01. The average Bonchev–Trinajstić information content (AvgIpc) is 3.49. The van der Waals surface area contributed by atoms with Crippen LogP contribution in [-0.4, -0.2) is 21.6 Å². The van der Waals surface area contributed by atoms with Gasteiger partial charge in [0.1, 0.15) is 6.04 Å². The summed E-state index contributed by atoms with van der Waals surface area (Å²) in [6, 6.07) is 13.9. The quantitative estimate of drug-likeness (QED) is 0.486. The number of nitrogens with zero attached hydrogens (tertiary/aromatic N) is 2. The molecule has 4 rings (SSSR count). The predicted molar refractivity (Wildman–Crippen MR) is 127 cm³/mol. The number of halogens is 2. The third-order valence-corrected chi connectivity index (χ3v) is 6.42. The summed E-state index contributed by atoms with van der Waals surface area (Å²) in [5.41, 5.74) is 3.23. The van der Waals surface area contributed by atoms with E-state index in [1.54, 1.807) is 41.9 Å². The fraction of sp³-hybridized carbons (Fsp3) is 0.292. The molecule has 3 aromatic rings. The minimum Gasteiger partial charge on any atom is -0.325 e. The lowest BCUT2D eigenvalue weighted by Gasteiger charge is -2.18. The van der Waals surface area contributed by atoms with E-state index >= 15 is 0 Å². The first-order valence-corrected chi connectivity index (χ1v) is 11.2. The van der Waals surface area contributed by atoms with Gasteiger partial charge < -0.3 is 10.6 Å². The summed E-state index contributed by atoms with van der Waals surface area (Å²) in [5.74, 6) is -0.305. The number of hydrogen-bond acceptors (Lipinski definition) is 3. The van der Waals surface area contributed by atoms with Gasteiger partial charge in [-0.1, -0.05) is 35.3 Å². The molecule has 1 aromatic heterocycles. The van der Waals surface area contributed by atoms with Crippen LogP contribution in [0.25, 0.3) is 0 Å². The van der Waals surface area contributed by atoms with Gasteiger partial charge in [-0.2, -0.15) is 5.10 Å².